The summed E-state index contributed by atoms with van der Waals surface area (Å²) in [6.45, 7) is 0.117. The van der Waals surface area contributed by atoms with E-state index in [1.54, 1.807) is 29.7 Å². The van der Waals surface area contributed by atoms with Crippen molar-refractivity contribution >= 4 is 11.6 Å². The number of aromatic nitrogens is 2. The molecule has 0 fully saturated rings. The van der Waals surface area contributed by atoms with Gasteiger partial charge < -0.3 is 20.1 Å². The van der Waals surface area contributed by atoms with Crippen LogP contribution in [-0.4, -0.2) is 42.6 Å². The Morgan fingerprint density at radius 2 is 1.93 bits per heavy atom. The first-order valence-corrected chi connectivity index (χ1v) is 7.32. The van der Waals surface area contributed by atoms with E-state index in [9.17, 15) is 10.2 Å². The summed E-state index contributed by atoms with van der Waals surface area (Å²) in [6.07, 6.45) is 0.438. The van der Waals surface area contributed by atoms with Gasteiger partial charge in [-0.1, -0.05) is 42.0 Å². The Hall–Kier alpha value is -0.522. The summed E-state index contributed by atoms with van der Waals surface area (Å²) in [5, 5.41) is 48.0. The first kappa shape index (κ1) is 28.7. The van der Waals surface area contributed by atoms with E-state index >= 15 is 0 Å². The third-order valence-electron chi connectivity index (χ3n) is 2.89. The molecular formula is C14H18ClN4O6VY-. The van der Waals surface area contributed by atoms with Crippen molar-refractivity contribution in [2.24, 2.45) is 0 Å². The molecule has 1 aromatic heterocycles. The first-order valence-electron chi connectivity index (χ1n) is 6.94. The van der Waals surface area contributed by atoms with Gasteiger partial charge in [-0.25, -0.2) is 0 Å². The van der Waals surface area contributed by atoms with E-state index in [1.807, 2.05) is 0 Å². The normalized spacial score (nSPS) is 11.4. The van der Waals surface area contributed by atoms with Crippen LogP contribution in [0, 0.1) is 0 Å². The molecule has 6 N–H and O–H groups in total. The van der Waals surface area contributed by atoms with Gasteiger partial charge in [0.2, 0.25) is 5.89 Å². The van der Waals surface area contributed by atoms with E-state index in [1.165, 1.54) is 0 Å². The molecule has 0 spiro atoms. The van der Waals surface area contributed by atoms with Crippen LogP contribution < -0.4 is 5.48 Å². The van der Waals surface area contributed by atoms with Crippen molar-refractivity contribution in [3.8, 4) is 0 Å². The Kier molecular flexibility index (Phi) is 17.5. The molecule has 0 amide bonds. The molecule has 1 unspecified atom stereocenters. The van der Waals surface area contributed by atoms with Gasteiger partial charge in [0.05, 0.1) is 18.1 Å². The summed E-state index contributed by atoms with van der Waals surface area (Å²) in [4.78, 5) is 4.11. The topological polar surface area (TPSA) is 166 Å². The van der Waals surface area contributed by atoms with Gasteiger partial charge in [-0.3, -0.25) is 21.2 Å². The van der Waals surface area contributed by atoms with Crippen molar-refractivity contribution in [1.29, 1.82) is 0 Å². The second-order valence-corrected chi connectivity index (χ2v) is 5.12. The third-order valence-corrected chi connectivity index (χ3v) is 3.14. The number of nitrogens with zero attached hydrogens (tertiary/aromatic N) is 3. The van der Waals surface area contributed by atoms with Crippen molar-refractivity contribution in [1.82, 2.24) is 15.6 Å². The molecule has 2 aromatic rings. The van der Waals surface area contributed by atoms with Gasteiger partial charge in [0.1, 0.15) is 0 Å². The molecule has 2 rings (SSSR count). The summed E-state index contributed by atoms with van der Waals surface area (Å²) in [5.41, 5.74) is 2.41. The zero-order valence-corrected chi connectivity index (χ0v) is 19.0. The molecule has 0 bridgehead atoms. The maximum Gasteiger partial charge on any atom is 0.205 e. The van der Waals surface area contributed by atoms with E-state index in [4.69, 9.17) is 31.8 Å². The molecule has 0 saturated heterocycles. The Bertz CT molecular complexity index is 661. The quantitative estimate of drug-likeness (QED) is 0.176. The zero-order chi connectivity index (χ0) is 18.7. The molecule has 0 aliphatic carbocycles. The van der Waals surface area contributed by atoms with Crippen LogP contribution in [0.3, 0.4) is 0 Å². The summed E-state index contributed by atoms with van der Waals surface area (Å²) in [5.74, 6) is 0.493. The Morgan fingerprint density at radius 1 is 1.30 bits per heavy atom. The fraction of sp³-hybridized carbons (Fsp3) is 0.286. The van der Waals surface area contributed by atoms with Crippen molar-refractivity contribution in [2.45, 2.75) is 19.1 Å². The summed E-state index contributed by atoms with van der Waals surface area (Å²) >= 11 is 5.80. The van der Waals surface area contributed by atoms with Crippen LogP contribution in [0.1, 0.15) is 23.4 Å². The first-order chi connectivity index (χ1) is 12.1. The van der Waals surface area contributed by atoms with Crippen LogP contribution in [0.5, 0.6) is 0 Å². The minimum Gasteiger partial charge on any atom is -0.648 e. The standard InChI is InChI=1S/C14H16ClN4O4.H2O2.V.Y/c15-10-3-1-9(2-4-10)12(21)5-13-18-14(23-19-13)8-16-6-11(20)7-17-22;1-2;;/h1-4,7,12,17,20-22H,5-6,8H2;1-2H;;/q-1;;;/b11-7+;;;. The number of nitrogens with one attached hydrogen (secondary N) is 1. The largest absolute Gasteiger partial charge is 0.648 e. The Balaban J connectivity index is 0. The monoisotopic (exact) mass is 513 g/mol. The van der Waals surface area contributed by atoms with Crippen LogP contribution in [-0.2, 0) is 64.2 Å². The second-order valence-electron chi connectivity index (χ2n) is 4.68. The average Bonchev–Trinajstić information content (AvgIpc) is 3.05. The van der Waals surface area contributed by atoms with Gasteiger partial charge in [0, 0.05) is 62.7 Å². The maximum atomic E-state index is 10.1. The van der Waals surface area contributed by atoms with Gasteiger partial charge in [0.15, 0.2) is 5.82 Å². The maximum absolute atomic E-state index is 10.1. The van der Waals surface area contributed by atoms with Gasteiger partial charge in [-0.2, -0.15) is 4.98 Å². The van der Waals surface area contributed by atoms with E-state index in [0.29, 0.717) is 16.4 Å². The smallest absolute Gasteiger partial charge is 0.205 e. The molecule has 1 aromatic carbocycles. The van der Waals surface area contributed by atoms with E-state index in [0.717, 1.165) is 6.20 Å². The molecule has 2 radical (unpaired) electrons. The van der Waals surface area contributed by atoms with E-state index < -0.39 is 6.10 Å². The Morgan fingerprint density at radius 3 is 2.52 bits per heavy atom. The van der Waals surface area contributed by atoms with Crippen molar-refractivity contribution < 1.29 is 81.7 Å². The molecule has 13 heteroatoms. The van der Waals surface area contributed by atoms with Gasteiger partial charge in [0.25, 0.3) is 0 Å². The molecule has 27 heavy (non-hydrogen) atoms. The number of hydroxylamine groups is 1. The number of hydrogen-bond donors (Lipinski definition) is 6. The fourth-order valence-corrected chi connectivity index (χ4v) is 1.93. The van der Waals surface area contributed by atoms with Crippen molar-refractivity contribution in [2.75, 3.05) is 6.54 Å². The van der Waals surface area contributed by atoms with Crippen molar-refractivity contribution in [3.05, 3.63) is 63.8 Å². The molecule has 10 nitrogen and oxygen atoms in total. The zero-order valence-electron chi connectivity index (χ0n) is 14.0. The van der Waals surface area contributed by atoms with Crippen LogP contribution in [0.25, 0.3) is 5.32 Å². The molecule has 1 atom stereocenters. The van der Waals surface area contributed by atoms with Crippen LogP contribution in [0.4, 0.5) is 0 Å². The molecule has 0 saturated carbocycles. The summed E-state index contributed by atoms with van der Waals surface area (Å²) < 4.78 is 5.01. The second kappa shape index (κ2) is 16.4. The predicted molar refractivity (Wildman–Crippen MR) is 87.2 cm³/mol. The van der Waals surface area contributed by atoms with Crippen LogP contribution in [0.15, 0.2) is 40.7 Å². The minimum atomic E-state index is -0.766. The Labute approximate surface area is 197 Å². The fourth-order valence-electron chi connectivity index (χ4n) is 1.80. The number of hydrogen-bond acceptors (Lipinski definition) is 9. The molecular weight excluding hydrogens is 495 g/mol. The average molecular weight is 514 g/mol. The number of halogens is 1. The summed E-state index contributed by atoms with van der Waals surface area (Å²) in [6, 6.07) is 6.85. The number of aliphatic hydroxyl groups is 2. The molecule has 146 valence electrons. The van der Waals surface area contributed by atoms with Crippen LogP contribution in [0.2, 0.25) is 5.02 Å². The van der Waals surface area contributed by atoms with E-state index in [2.05, 4.69) is 15.5 Å². The van der Waals surface area contributed by atoms with Gasteiger partial charge >= 0.3 is 0 Å². The summed E-state index contributed by atoms with van der Waals surface area (Å²) in [7, 11) is 0. The van der Waals surface area contributed by atoms with E-state index in [-0.39, 0.29) is 82.4 Å². The predicted octanol–water partition coefficient (Wildman–Crippen LogP) is 2.26. The van der Waals surface area contributed by atoms with Crippen LogP contribution >= 0.6 is 11.6 Å². The van der Waals surface area contributed by atoms with Gasteiger partial charge in [-0.05, 0) is 17.7 Å². The number of rotatable bonds is 8. The molecule has 0 aliphatic rings. The minimum absolute atomic E-state index is 0. The SMILES string of the molecule is ON/C=C(/O)C[N-]Cc1nc(CC(O)c2ccc(Cl)cc2)no1.OO.[V].[Y]. The number of aliphatic hydroxyl groups excluding tert-OH is 2. The molecule has 0 aliphatic heterocycles. The third kappa shape index (κ3) is 11.2. The van der Waals surface area contributed by atoms with Gasteiger partial charge in [-0.15, -0.1) is 0 Å². The number of benzene rings is 1. The molecule has 1 heterocycles. The van der Waals surface area contributed by atoms with Crippen molar-refractivity contribution in [3.63, 3.8) is 0 Å².